The summed E-state index contributed by atoms with van der Waals surface area (Å²) in [4.78, 5) is 2.54. The summed E-state index contributed by atoms with van der Waals surface area (Å²) in [6.07, 6.45) is 10.6. The van der Waals surface area contributed by atoms with Crippen molar-refractivity contribution in [3.8, 4) is 0 Å². The van der Waals surface area contributed by atoms with Crippen molar-refractivity contribution in [2.24, 2.45) is 17.8 Å². The van der Waals surface area contributed by atoms with E-state index in [1.807, 2.05) is 0 Å². The normalized spacial score (nSPS) is 32.5. The first-order valence-electron chi connectivity index (χ1n) is 8.18. The van der Waals surface area contributed by atoms with E-state index in [1.165, 1.54) is 58.0 Å². The Bertz CT molecular complexity index is 229. The lowest BCUT2D eigenvalue weighted by molar-refractivity contribution is 0.110. The van der Waals surface area contributed by atoms with Gasteiger partial charge in [0, 0.05) is 19.6 Å². The molecule has 2 nitrogen and oxygen atoms in total. The molecular weight excluding hydrogens is 220 g/mol. The highest BCUT2D eigenvalue weighted by atomic mass is 15.1. The maximum atomic E-state index is 3.42. The number of nitrogens with zero attached hydrogens (tertiary/aromatic N) is 1. The standard InChI is InChI=1S/C16H32N2/c1-3-17-10-11-18(2)13-14-8-9-15-6-4-5-7-16(15)12-14/h14-17H,3-13H2,1-2H3. The fourth-order valence-electron chi connectivity index (χ4n) is 4.12. The molecule has 106 valence electrons. The molecule has 18 heavy (non-hydrogen) atoms. The van der Waals surface area contributed by atoms with Gasteiger partial charge in [0.25, 0.3) is 0 Å². The lowest BCUT2D eigenvalue weighted by Crippen LogP contribution is -2.36. The molecule has 0 saturated heterocycles. The molecule has 2 heteroatoms. The number of nitrogens with one attached hydrogen (secondary N) is 1. The zero-order chi connectivity index (χ0) is 12.8. The number of likely N-dealkylation sites (N-methyl/N-ethyl adjacent to an activating group) is 2. The second kappa shape index (κ2) is 7.49. The van der Waals surface area contributed by atoms with E-state index in [4.69, 9.17) is 0 Å². The lowest BCUT2D eigenvalue weighted by Gasteiger charge is -2.40. The Morgan fingerprint density at radius 1 is 1.06 bits per heavy atom. The van der Waals surface area contributed by atoms with Crippen LogP contribution in [0.5, 0.6) is 0 Å². The van der Waals surface area contributed by atoms with Crippen molar-refractivity contribution >= 4 is 0 Å². The van der Waals surface area contributed by atoms with Gasteiger partial charge in [0.2, 0.25) is 0 Å². The zero-order valence-electron chi connectivity index (χ0n) is 12.5. The minimum Gasteiger partial charge on any atom is -0.316 e. The second-order valence-corrected chi connectivity index (χ2v) is 6.60. The SMILES string of the molecule is CCNCCN(C)CC1CCC2CCCCC2C1. The van der Waals surface area contributed by atoms with E-state index in [1.54, 1.807) is 0 Å². The van der Waals surface area contributed by atoms with E-state index in [9.17, 15) is 0 Å². The molecule has 2 rings (SSSR count). The summed E-state index contributed by atoms with van der Waals surface area (Å²) in [6.45, 7) is 6.96. The third kappa shape index (κ3) is 4.24. The van der Waals surface area contributed by atoms with E-state index in [-0.39, 0.29) is 0 Å². The van der Waals surface area contributed by atoms with Gasteiger partial charge in [-0.1, -0.05) is 32.6 Å². The van der Waals surface area contributed by atoms with Gasteiger partial charge in [-0.25, -0.2) is 0 Å². The minimum absolute atomic E-state index is 0.982. The number of hydrogen-bond acceptors (Lipinski definition) is 2. The van der Waals surface area contributed by atoms with E-state index in [2.05, 4.69) is 24.2 Å². The van der Waals surface area contributed by atoms with Crippen molar-refractivity contribution in [3.63, 3.8) is 0 Å². The maximum absolute atomic E-state index is 3.42. The molecule has 0 bridgehead atoms. The predicted molar refractivity (Wildman–Crippen MR) is 78.8 cm³/mol. The van der Waals surface area contributed by atoms with Crippen LogP contribution in [0.3, 0.4) is 0 Å². The molecule has 0 aromatic rings. The molecule has 2 saturated carbocycles. The minimum atomic E-state index is 0.982. The van der Waals surface area contributed by atoms with Gasteiger partial charge in [-0.3, -0.25) is 0 Å². The fraction of sp³-hybridized carbons (Fsp3) is 1.00. The van der Waals surface area contributed by atoms with Crippen LogP contribution in [0.25, 0.3) is 0 Å². The summed E-state index contributed by atoms with van der Waals surface area (Å²) in [5.41, 5.74) is 0. The molecule has 0 spiro atoms. The lowest BCUT2D eigenvalue weighted by atomic mass is 9.67. The van der Waals surface area contributed by atoms with Gasteiger partial charge in [0.05, 0.1) is 0 Å². The van der Waals surface area contributed by atoms with Crippen molar-refractivity contribution in [2.75, 3.05) is 33.2 Å². The largest absolute Gasteiger partial charge is 0.316 e. The molecule has 2 aliphatic carbocycles. The number of rotatable bonds is 6. The highest BCUT2D eigenvalue weighted by molar-refractivity contribution is 4.84. The Kier molecular flexibility index (Phi) is 5.97. The molecule has 2 fully saturated rings. The molecule has 0 aliphatic heterocycles. The van der Waals surface area contributed by atoms with Gasteiger partial charge in [-0.2, -0.15) is 0 Å². The van der Waals surface area contributed by atoms with E-state index >= 15 is 0 Å². The molecule has 0 amide bonds. The van der Waals surface area contributed by atoms with Crippen LogP contribution in [-0.2, 0) is 0 Å². The Morgan fingerprint density at radius 2 is 1.83 bits per heavy atom. The van der Waals surface area contributed by atoms with E-state index < -0.39 is 0 Å². The molecule has 0 aromatic carbocycles. The van der Waals surface area contributed by atoms with Crippen LogP contribution in [0.1, 0.15) is 51.9 Å². The summed E-state index contributed by atoms with van der Waals surface area (Å²) in [7, 11) is 2.30. The number of fused-ring (bicyclic) bond motifs is 1. The summed E-state index contributed by atoms with van der Waals surface area (Å²) in [6, 6.07) is 0. The average molecular weight is 252 g/mol. The second-order valence-electron chi connectivity index (χ2n) is 6.60. The predicted octanol–water partition coefficient (Wildman–Crippen LogP) is 3.13. The first kappa shape index (κ1) is 14.3. The van der Waals surface area contributed by atoms with Crippen LogP contribution in [0.4, 0.5) is 0 Å². The average Bonchev–Trinajstić information content (AvgIpc) is 2.39. The first-order chi connectivity index (χ1) is 8.79. The third-order valence-corrected chi connectivity index (χ3v) is 5.14. The number of hydrogen-bond donors (Lipinski definition) is 1. The van der Waals surface area contributed by atoms with Crippen molar-refractivity contribution in [1.29, 1.82) is 0 Å². The van der Waals surface area contributed by atoms with Crippen molar-refractivity contribution < 1.29 is 0 Å². The van der Waals surface area contributed by atoms with Crippen LogP contribution in [-0.4, -0.2) is 38.1 Å². The summed E-state index contributed by atoms with van der Waals surface area (Å²) in [5.74, 6) is 3.16. The molecule has 0 radical (unpaired) electrons. The van der Waals surface area contributed by atoms with Crippen LogP contribution < -0.4 is 5.32 Å². The monoisotopic (exact) mass is 252 g/mol. The Hall–Kier alpha value is -0.0800. The summed E-state index contributed by atoms with van der Waals surface area (Å²) >= 11 is 0. The Morgan fingerprint density at radius 3 is 2.61 bits per heavy atom. The smallest absolute Gasteiger partial charge is 0.0104 e. The third-order valence-electron chi connectivity index (χ3n) is 5.14. The van der Waals surface area contributed by atoms with Gasteiger partial charge in [-0.05, 0) is 50.6 Å². The van der Waals surface area contributed by atoms with Gasteiger partial charge < -0.3 is 10.2 Å². The van der Waals surface area contributed by atoms with Crippen molar-refractivity contribution in [1.82, 2.24) is 10.2 Å². The molecule has 2 aliphatic rings. The highest BCUT2D eigenvalue weighted by Gasteiger charge is 2.32. The van der Waals surface area contributed by atoms with Crippen LogP contribution in [0, 0.1) is 17.8 Å². The first-order valence-corrected chi connectivity index (χ1v) is 8.18. The molecular formula is C16H32N2. The quantitative estimate of drug-likeness (QED) is 0.731. The van der Waals surface area contributed by atoms with Crippen molar-refractivity contribution in [2.45, 2.75) is 51.9 Å². The Balaban J connectivity index is 1.67. The topological polar surface area (TPSA) is 15.3 Å². The van der Waals surface area contributed by atoms with Crippen LogP contribution in [0.15, 0.2) is 0 Å². The van der Waals surface area contributed by atoms with E-state index in [0.29, 0.717) is 0 Å². The molecule has 3 atom stereocenters. The molecule has 3 unspecified atom stereocenters. The van der Waals surface area contributed by atoms with E-state index in [0.717, 1.165) is 30.8 Å². The summed E-state index contributed by atoms with van der Waals surface area (Å²) < 4.78 is 0. The van der Waals surface area contributed by atoms with Gasteiger partial charge in [0.1, 0.15) is 0 Å². The maximum Gasteiger partial charge on any atom is 0.0104 e. The van der Waals surface area contributed by atoms with Gasteiger partial charge >= 0.3 is 0 Å². The fourth-order valence-corrected chi connectivity index (χ4v) is 4.12. The molecule has 1 N–H and O–H groups in total. The van der Waals surface area contributed by atoms with Crippen LogP contribution in [0.2, 0.25) is 0 Å². The molecule has 0 heterocycles. The summed E-state index contributed by atoms with van der Waals surface area (Å²) in [5, 5.41) is 3.42. The highest BCUT2D eigenvalue weighted by Crippen LogP contribution is 2.42. The van der Waals surface area contributed by atoms with Crippen LogP contribution >= 0.6 is 0 Å². The zero-order valence-corrected chi connectivity index (χ0v) is 12.5. The van der Waals surface area contributed by atoms with Crippen molar-refractivity contribution in [3.05, 3.63) is 0 Å². The molecule has 0 aromatic heterocycles. The van der Waals surface area contributed by atoms with Gasteiger partial charge in [-0.15, -0.1) is 0 Å². The Labute approximate surface area is 114 Å². The van der Waals surface area contributed by atoms with Gasteiger partial charge in [0.15, 0.2) is 0 Å².